The molecule has 3 rings (SSSR count). The number of rotatable bonds is 7. The summed E-state index contributed by atoms with van der Waals surface area (Å²) in [4.78, 5) is 9.06. The number of benzene rings is 2. The van der Waals surface area contributed by atoms with Gasteiger partial charge in [-0.1, -0.05) is 38.1 Å². The maximum absolute atomic E-state index is 12.8. The predicted molar refractivity (Wildman–Crippen MR) is 106 cm³/mol. The molecule has 6 nitrogen and oxygen atoms in total. The zero-order chi connectivity index (χ0) is 19.4. The summed E-state index contributed by atoms with van der Waals surface area (Å²) < 4.78 is 33.9. The minimum absolute atomic E-state index is 0.0963. The Labute approximate surface area is 159 Å². The highest BCUT2D eigenvalue weighted by Crippen LogP contribution is 2.26. The number of anilines is 1. The largest absolute Gasteiger partial charge is 0.475 e. The number of aromatic nitrogens is 2. The van der Waals surface area contributed by atoms with Gasteiger partial charge in [-0.15, -0.1) is 0 Å². The summed E-state index contributed by atoms with van der Waals surface area (Å²) in [5.74, 6) is 0.746. The summed E-state index contributed by atoms with van der Waals surface area (Å²) in [5.41, 5.74) is 2.10. The molecule has 0 bridgehead atoms. The molecule has 0 aliphatic heterocycles. The minimum Gasteiger partial charge on any atom is -0.475 e. The van der Waals surface area contributed by atoms with Crippen LogP contribution in [0.4, 0.5) is 5.82 Å². The summed E-state index contributed by atoms with van der Waals surface area (Å²) in [6, 6.07) is 14.0. The number of hydrogen-bond acceptors (Lipinski definition) is 5. The van der Waals surface area contributed by atoms with Gasteiger partial charge in [0.15, 0.2) is 0 Å². The van der Waals surface area contributed by atoms with Gasteiger partial charge in [-0.25, -0.2) is 18.4 Å². The van der Waals surface area contributed by atoms with Crippen molar-refractivity contribution in [3.8, 4) is 5.88 Å². The van der Waals surface area contributed by atoms with Crippen molar-refractivity contribution in [1.29, 1.82) is 0 Å². The molecule has 27 heavy (non-hydrogen) atoms. The van der Waals surface area contributed by atoms with Crippen LogP contribution in [0.25, 0.3) is 11.0 Å². The second kappa shape index (κ2) is 7.92. The molecule has 0 unspecified atom stereocenters. The Bertz CT molecular complexity index is 1050. The lowest BCUT2D eigenvalue weighted by Gasteiger charge is -2.14. The highest BCUT2D eigenvalue weighted by molar-refractivity contribution is 7.92. The van der Waals surface area contributed by atoms with Crippen LogP contribution >= 0.6 is 0 Å². The van der Waals surface area contributed by atoms with Crippen LogP contribution in [0.15, 0.2) is 53.4 Å². The molecule has 0 saturated heterocycles. The Kier molecular flexibility index (Phi) is 5.60. The zero-order valence-corrected chi connectivity index (χ0v) is 16.5. The molecule has 0 fully saturated rings. The molecule has 1 N–H and O–H groups in total. The molecule has 0 aliphatic carbocycles. The fraction of sp³-hybridized carbons (Fsp3) is 0.300. The van der Waals surface area contributed by atoms with E-state index in [-0.39, 0.29) is 16.6 Å². The van der Waals surface area contributed by atoms with E-state index in [4.69, 9.17) is 4.74 Å². The number of hydrogen-bond donors (Lipinski definition) is 1. The number of para-hydroxylation sites is 2. The quantitative estimate of drug-likeness (QED) is 0.660. The van der Waals surface area contributed by atoms with E-state index in [1.165, 1.54) is 0 Å². The van der Waals surface area contributed by atoms with Crippen molar-refractivity contribution in [3.63, 3.8) is 0 Å². The van der Waals surface area contributed by atoms with E-state index < -0.39 is 10.0 Å². The molecule has 142 valence electrons. The summed E-state index contributed by atoms with van der Waals surface area (Å²) in [5, 5.41) is 0. The monoisotopic (exact) mass is 385 g/mol. The average Bonchev–Trinajstić information content (AvgIpc) is 2.61. The molecule has 2 aromatic carbocycles. The van der Waals surface area contributed by atoms with Crippen molar-refractivity contribution in [2.45, 2.75) is 32.1 Å². The summed E-state index contributed by atoms with van der Waals surface area (Å²) >= 11 is 0. The first-order valence-electron chi connectivity index (χ1n) is 8.84. The molecule has 0 saturated carbocycles. The third-order valence-electron chi connectivity index (χ3n) is 4.00. The topological polar surface area (TPSA) is 81.2 Å². The van der Waals surface area contributed by atoms with Crippen molar-refractivity contribution in [1.82, 2.24) is 9.97 Å². The molecule has 7 heteroatoms. The molecule has 1 aromatic heterocycles. The summed E-state index contributed by atoms with van der Waals surface area (Å²) in [7, 11) is -3.80. The molecule has 0 aliphatic rings. The van der Waals surface area contributed by atoms with Gasteiger partial charge in [0, 0.05) is 0 Å². The average molecular weight is 385 g/mol. The van der Waals surface area contributed by atoms with E-state index in [0.717, 1.165) is 12.0 Å². The van der Waals surface area contributed by atoms with E-state index in [9.17, 15) is 8.42 Å². The van der Waals surface area contributed by atoms with Crippen molar-refractivity contribution < 1.29 is 13.2 Å². The van der Waals surface area contributed by atoms with Gasteiger partial charge >= 0.3 is 0 Å². The first kappa shape index (κ1) is 19.1. The fourth-order valence-electron chi connectivity index (χ4n) is 2.51. The molecular formula is C20H23N3O3S. The third-order valence-corrected chi connectivity index (χ3v) is 5.34. The first-order chi connectivity index (χ1) is 12.8. The van der Waals surface area contributed by atoms with Crippen LogP contribution in [0.5, 0.6) is 5.88 Å². The number of nitrogens with zero attached hydrogens (tertiary/aromatic N) is 2. The lowest BCUT2D eigenvalue weighted by Crippen LogP contribution is -2.16. The number of aryl methyl sites for hydroxylation is 1. The van der Waals surface area contributed by atoms with E-state index in [0.29, 0.717) is 23.6 Å². The van der Waals surface area contributed by atoms with Crippen molar-refractivity contribution >= 4 is 26.9 Å². The van der Waals surface area contributed by atoms with Gasteiger partial charge in [0.05, 0.1) is 22.5 Å². The number of ether oxygens (including phenoxy) is 1. The van der Waals surface area contributed by atoms with Crippen LogP contribution in [0.2, 0.25) is 0 Å². The normalized spacial score (nSPS) is 11.7. The molecule has 0 spiro atoms. The van der Waals surface area contributed by atoms with E-state index >= 15 is 0 Å². The summed E-state index contributed by atoms with van der Waals surface area (Å²) in [6.45, 7) is 6.47. The third kappa shape index (κ3) is 4.74. The van der Waals surface area contributed by atoms with E-state index in [1.807, 2.05) is 31.2 Å². The summed E-state index contributed by atoms with van der Waals surface area (Å²) in [6.07, 6.45) is 0.832. The first-order valence-corrected chi connectivity index (χ1v) is 10.3. The molecule has 0 atom stereocenters. The Morgan fingerprint density at radius 1 is 1.04 bits per heavy atom. The Balaban J connectivity index is 1.98. The van der Waals surface area contributed by atoms with Gasteiger partial charge in [-0.2, -0.15) is 0 Å². The lowest BCUT2D eigenvalue weighted by atomic mass is 10.1. The van der Waals surface area contributed by atoms with Gasteiger partial charge in [-0.3, -0.25) is 4.72 Å². The standard InChI is InChI=1S/C20H23N3O3S/c1-14(2)11-12-26-20-19(21-17-9-4-5-10-18(17)22-20)23-27(24,25)16-8-6-7-15(3)13-16/h4-10,13-14H,11-12H2,1-3H3,(H,21,23). The number of sulfonamides is 1. The van der Waals surface area contributed by atoms with E-state index in [1.54, 1.807) is 24.3 Å². The Morgan fingerprint density at radius 3 is 2.41 bits per heavy atom. The van der Waals surface area contributed by atoms with Gasteiger partial charge in [0.1, 0.15) is 0 Å². The highest BCUT2D eigenvalue weighted by atomic mass is 32.2. The molecule has 3 aromatic rings. The van der Waals surface area contributed by atoms with Gasteiger partial charge in [0.2, 0.25) is 5.82 Å². The van der Waals surface area contributed by atoms with Crippen LogP contribution in [0, 0.1) is 12.8 Å². The van der Waals surface area contributed by atoms with Crippen molar-refractivity contribution in [2.24, 2.45) is 5.92 Å². The number of fused-ring (bicyclic) bond motifs is 1. The SMILES string of the molecule is Cc1cccc(S(=O)(=O)Nc2nc3ccccc3nc2OCCC(C)C)c1. The second-order valence-corrected chi connectivity index (χ2v) is 8.50. The Hall–Kier alpha value is -2.67. The van der Waals surface area contributed by atoms with Crippen LogP contribution < -0.4 is 9.46 Å². The van der Waals surface area contributed by atoms with Crippen LogP contribution in [-0.2, 0) is 10.0 Å². The minimum atomic E-state index is -3.80. The van der Waals surface area contributed by atoms with E-state index in [2.05, 4.69) is 28.5 Å². The van der Waals surface area contributed by atoms with Crippen LogP contribution in [-0.4, -0.2) is 25.0 Å². The molecule has 0 amide bonds. The van der Waals surface area contributed by atoms with Gasteiger partial charge in [-0.05, 0) is 49.1 Å². The lowest BCUT2D eigenvalue weighted by molar-refractivity contribution is 0.281. The Morgan fingerprint density at radius 2 is 1.74 bits per heavy atom. The molecule has 1 heterocycles. The van der Waals surface area contributed by atoms with Crippen LogP contribution in [0.3, 0.4) is 0 Å². The second-order valence-electron chi connectivity index (χ2n) is 6.82. The van der Waals surface area contributed by atoms with Crippen molar-refractivity contribution in [3.05, 3.63) is 54.1 Å². The van der Waals surface area contributed by atoms with Gasteiger partial charge < -0.3 is 4.74 Å². The highest BCUT2D eigenvalue weighted by Gasteiger charge is 2.20. The fourth-order valence-corrected chi connectivity index (χ4v) is 3.62. The zero-order valence-electron chi connectivity index (χ0n) is 15.6. The molecule has 0 radical (unpaired) electrons. The molecular weight excluding hydrogens is 362 g/mol. The van der Waals surface area contributed by atoms with Gasteiger partial charge in [0.25, 0.3) is 15.9 Å². The maximum atomic E-state index is 12.8. The predicted octanol–water partition coefficient (Wildman–Crippen LogP) is 4.16. The smallest absolute Gasteiger partial charge is 0.263 e. The maximum Gasteiger partial charge on any atom is 0.263 e. The van der Waals surface area contributed by atoms with Crippen LogP contribution in [0.1, 0.15) is 25.8 Å². The van der Waals surface area contributed by atoms with Crippen molar-refractivity contribution in [2.75, 3.05) is 11.3 Å². The number of nitrogens with one attached hydrogen (secondary N) is 1.